The topological polar surface area (TPSA) is 104 Å². The molecule has 3 rings (SSSR count). The molecular formula is C22H17FN4O3. The molecule has 1 aromatic heterocycles. The molecule has 0 aliphatic rings. The number of pyridine rings is 1. The predicted octanol–water partition coefficient (Wildman–Crippen LogP) is 3.25. The van der Waals surface area contributed by atoms with Crippen LogP contribution in [0.25, 0.3) is 22.2 Å². The average molecular weight is 404 g/mol. The lowest BCUT2D eigenvalue weighted by atomic mass is 10.0. The Morgan fingerprint density at radius 2 is 1.93 bits per heavy atom. The van der Waals surface area contributed by atoms with Crippen molar-refractivity contribution in [1.82, 2.24) is 15.8 Å². The minimum atomic E-state index is -0.797. The maximum absolute atomic E-state index is 13.2. The van der Waals surface area contributed by atoms with Gasteiger partial charge in [-0.15, -0.1) is 0 Å². The van der Waals surface area contributed by atoms with Gasteiger partial charge in [0.05, 0.1) is 23.4 Å². The van der Waals surface area contributed by atoms with Gasteiger partial charge >= 0.3 is 5.97 Å². The number of nitrogens with one attached hydrogen (secondary N) is 2. The van der Waals surface area contributed by atoms with Crippen LogP contribution in [0, 0.1) is 17.1 Å². The fourth-order valence-electron chi connectivity index (χ4n) is 2.72. The molecule has 0 aliphatic heterocycles. The zero-order chi connectivity index (χ0) is 21.5. The smallest absolute Gasteiger partial charge is 0.350 e. The molecule has 1 amide bonds. The molecule has 3 aromatic rings. The summed E-state index contributed by atoms with van der Waals surface area (Å²) in [6.45, 7) is 1.74. The summed E-state index contributed by atoms with van der Waals surface area (Å²) in [5.41, 5.74) is 6.64. The first-order valence-corrected chi connectivity index (χ1v) is 9.02. The van der Waals surface area contributed by atoms with Gasteiger partial charge in [0.15, 0.2) is 5.57 Å². The average Bonchev–Trinajstić information content (AvgIpc) is 2.76. The minimum Gasteiger partial charge on any atom is -0.462 e. The van der Waals surface area contributed by atoms with Crippen molar-refractivity contribution < 1.29 is 18.7 Å². The maximum Gasteiger partial charge on any atom is 0.350 e. The van der Waals surface area contributed by atoms with E-state index in [1.54, 1.807) is 55.5 Å². The number of carbonyl (C=O) groups is 2. The van der Waals surface area contributed by atoms with E-state index in [-0.39, 0.29) is 18.0 Å². The number of nitriles is 1. The van der Waals surface area contributed by atoms with Crippen molar-refractivity contribution in [3.8, 4) is 17.3 Å². The van der Waals surface area contributed by atoms with Crippen LogP contribution in [-0.2, 0) is 9.53 Å². The van der Waals surface area contributed by atoms with Gasteiger partial charge in [-0.25, -0.2) is 14.2 Å². The van der Waals surface area contributed by atoms with Crippen LogP contribution in [0.5, 0.6) is 0 Å². The molecule has 0 bridgehead atoms. The third kappa shape index (κ3) is 4.59. The molecule has 0 atom stereocenters. The molecule has 8 heteroatoms. The molecule has 0 saturated carbocycles. The van der Waals surface area contributed by atoms with Crippen molar-refractivity contribution >= 4 is 22.8 Å². The van der Waals surface area contributed by atoms with Gasteiger partial charge in [-0.05, 0) is 43.3 Å². The van der Waals surface area contributed by atoms with Crippen molar-refractivity contribution in [3.63, 3.8) is 0 Å². The molecule has 0 aliphatic carbocycles. The van der Waals surface area contributed by atoms with Crippen LogP contribution in [0.15, 0.2) is 66.4 Å². The van der Waals surface area contributed by atoms with Crippen LogP contribution in [0.4, 0.5) is 4.39 Å². The number of fused-ring (bicyclic) bond motifs is 1. The molecule has 30 heavy (non-hydrogen) atoms. The summed E-state index contributed by atoms with van der Waals surface area (Å²) in [7, 11) is 0. The number of esters is 1. The molecule has 0 radical (unpaired) electrons. The summed E-state index contributed by atoms with van der Waals surface area (Å²) in [6, 6.07) is 16.2. The molecule has 2 N–H and O–H groups in total. The van der Waals surface area contributed by atoms with Gasteiger partial charge in [-0.2, -0.15) is 5.26 Å². The Kier molecular flexibility index (Phi) is 6.35. The van der Waals surface area contributed by atoms with E-state index in [0.717, 1.165) is 6.20 Å². The second-order valence-corrected chi connectivity index (χ2v) is 6.07. The number of nitrogens with zero attached hydrogens (tertiary/aromatic N) is 2. The Hall–Kier alpha value is -4.25. The normalized spacial score (nSPS) is 10.9. The van der Waals surface area contributed by atoms with Gasteiger partial charge in [0.1, 0.15) is 11.9 Å². The Labute approximate surface area is 171 Å². The van der Waals surface area contributed by atoms with Gasteiger partial charge in [-0.3, -0.25) is 10.2 Å². The molecule has 0 saturated heterocycles. The second-order valence-electron chi connectivity index (χ2n) is 6.07. The Bertz CT molecular complexity index is 1170. The van der Waals surface area contributed by atoms with Crippen molar-refractivity contribution in [1.29, 1.82) is 5.26 Å². The van der Waals surface area contributed by atoms with E-state index >= 15 is 0 Å². The number of aromatic nitrogens is 1. The fraction of sp³-hybridized carbons (Fsp3) is 0.0909. The largest absolute Gasteiger partial charge is 0.462 e. The molecule has 1 heterocycles. The maximum atomic E-state index is 13.2. The Morgan fingerprint density at radius 3 is 2.63 bits per heavy atom. The van der Waals surface area contributed by atoms with Gasteiger partial charge in [0.2, 0.25) is 0 Å². The van der Waals surface area contributed by atoms with E-state index in [9.17, 15) is 14.0 Å². The van der Waals surface area contributed by atoms with E-state index in [1.807, 2.05) is 0 Å². The summed E-state index contributed by atoms with van der Waals surface area (Å²) < 4.78 is 18.0. The predicted molar refractivity (Wildman–Crippen MR) is 108 cm³/mol. The highest BCUT2D eigenvalue weighted by atomic mass is 19.1. The van der Waals surface area contributed by atoms with Crippen LogP contribution in [0.3, 0.4) is 0 Å². The molecule has 150 valence electrons. The standard InChI is InChI=1S/C22H17FN4O3/c1-2-30-22(29)15(12-24)13-25-27-21(28)18-11-20(14-7-9-16(23)10-8-14)26-19-6-4-3-5-17(18)19/h3-11,13,25H,2H2,1H3,(H,27,28)/b15-13+. The van der Waals surface area contributed by atoms with Crippen LogP contribution in [-0.4, -0.2) is 23.5 Å². The lowest BCUT2D eigenvalue weighted by Gasteiger charge is -2.11. The minimum absolute atomic E-state index is 0.124. The van der Waals surface area contributed by atoms with Crippen LogP contribution in [0.1, 0.15) is 17.3 Å². The number of carbonyl (C=O) groups excluding carboxylic acids is 2. The lowest BCUT2D eigenvalue weighted by Crippen LogP contribution is -2.34. The molecular weight excluding hydrogens is 387 g/mol. The number of hydrogen-bond donors (Lipinski definition) is 2. The summed E-state index contributed by atoms with van der Waals surface area (Å²) in [4.78, 5) is 28.9. The zero-order valence-electron chi connectivity index (χ0n) is 16.0. The highest BCUT2D eigenvalue weighted by molar-refractivity contribution is 6.07. The number of hydrazine groups is 1. The summed E-state index contributed by atoms with van der Waals surface area (Å²) >= 11 is 0. The van der Waals surface area contributed by atoms with E-state index in [4.69, 9.17) is 10.00 Å². The van der Waals surface area contributed by atoms with E-state index in [0.29, 0.717) is 27.7 Å². The first-order chi connectivity index (χ1) is 14.5. The molecule has 7 nitrogen and oxygen atoms in total. The number of hydrogen-bond acceptors (Lipinski definition) is 6. The first kappa shape index (κ1) is 20.5. The third-order valence-electron chi connectivity index (χ3n) is 4.12. The SMILES string of the molecule is CCOC(=O)/C(C#N)=C/NNC(=O)c1cc(-c2ccc(F)cc2)nc2ccccc12. The molecule has 0 fully saturated rings. The Balaban J connectivity index is 1.90. The summed E-state index contributed by atoms with van der Waals surface area (Å²) in [5.74, 6) is -1.67. The molecule has 2 aromatic carbocycles. The van der Waals surface area contributed by atoms with Gasteiger partial charge in [0, 0.05) is 17.1 Å². The Morgan fingerprint density at radius 1 is 1.20 bits per heavy atom. The van der Waals surface area contributed by atoms with Crippen molar-refractivity contribution in [2.45, 2.75) is 6.92 Å². The number of para-hydroxylation sites is 1. The van der Waals surface area contributed by atoms with E-state index in [2.05, 4.69) is 15.8 Å². The van der Waals surface area contributed by atoms with Crippen molar-refractivity contribution in [3.05, 3.63) is 77.8 Å². The van der Waals surface area contributed by atoms with Gasteiger partial charge < -0.3 is 10.2 Å². The van der Waals surface area contributed by atoms with Crippen molar-refractivity contribution in [2.75, 3.05) is 6.61 Å². The van der Waals surface area contributed by atoms with Gasteiger partial charge in [0.25, 0.3) is 5.91 Å². The fourth-order valence-corrected chi connectivity index (χ4v) is 2.72. The number of ether oxygens (including phenoxy) is 1. The summed E-state index contributed by atoms with van der Waals surface area (Å²) in [5, 5.41) is 9.63. The number of halogens is 1. The zero-order valence-corrected chi connectivity index (χ0v) is 16.0. The lowest BCUT2D eigenvalue weighted by molar-refractivity contribution is -0.138. The number of rotatable bonds is 6. The monoisotopic (exact) mass is 404 g/mol. The van der Waals surface area contributed by atoms with Gasteiger partial charge in [-0.1, -0.05) is 18.2 Å². The van der Waals surface area contributed by atoms with E-state index < -0.39 is 11.9 Å². The molecule has 0 spiro atoms. The van der Waals surface area contributed by atoms with Crippen LogP contribution in [0.2, 0.25) is 0 Å². The summed E-state index contributed by atoms with van der Waals surface area (Å²) in [6.07, 6.45) is 1.06. The second kappa shape index (κ2) is 9.30. The number of benzene rings is 2. The highest BCUT2D eigenvalue weighted by Crippen LogP contribution is 2.25. The molecule has 0 unspecified atom stereocenters. The number of amides is 1. The van der Waals surface area contributed by atoms with Crippen LogP contribution >= 0.6 is 0 Å². The highest BCUT2D eigenvalue weighted by Gasteiger charge is 2.14. The van der Waals surface area contributed by atoms with Crippen molar-refractivity contribution in [2.24, 2.45) is 0 Å². The quantitative estimate of drug-likeness (QED) is 0.283. The van der Waals surface area contributed by atoms with E-state index in [1.165, 1.54) is 12.1 Å². The van der Waals surface area contributed by atoms with Crippen LogP contribution < -0.4 is 10.9 Å². The first-order valence-electron chi connectivity index (χ1n) is 9.02. The third-order valence-corrected chi connectivity index (χ3v) is 4.12.